The summed E-state index contributed by atoms with van der Waals surface area (Å²) in [6, 6.07) is 4.85. The Morgan fingerprint density at radius 1 is 1.47 bits per heavy atom. The molecule has 2 N–H and O–H groups in total. The van der Waals surface area contributed by atoms with Crippen LogP contribution in [0.2, 0.25) is 0 Å². The van der Waals surface area contributed by atoms with E-state index in [1.807, 2.05) is 6.92 Å². The number of nitrogens with one attached hydrogen (secondary N) is 1. The van der Waals surface area contributed by atoms with Gasteiger partial charge in [-0.15, -0.1) is 0 Å². The third kappa shape index (κ3) is 2.38. The van der Waals surface area contributed by atoms with E-state index in [4.69, 9.17) is 0 Å². The van der Waals surface area contributed by atoms with Gasteiger partial charge in [-0.05, 0) is 19.1 Å². The molecule has 1 aromatic carbocycles. The SMILES string of the molecule is Cc1ccc(O)c(C(=O)N2CCNC(=O)C2)c1. The van der Waals surface area contributed by atoms with Crippen molar-refractivity contribution in [2.45, 2.75) is 6.92 Å². The van der Waals surface area contributed by atoms with Crippen molar-refractivity contribution in [3.8, 4) is 5.75 Å². The molecule has 5 nitrogen and oxygen atoms in total. The minimum absolute atomic E-state index is 0.0478. The topological polar surface area (TPSA) is 69.6 Å². The van der Waals surface area contributed by atoms with Crippen LogP contribution in [0.25, 0.3) is 0 Å². The molecule has 0 spiro atoms. The number of benzene rings is 1. The van der Waals surface area contributed by atoms with Crippen molar-refractivity contribution < 1.29 is 14.7 Å². The predicted octanol–water partition coefficient (Wildman–Crippen LogP) is 0.273. The first-order valence-electron chi connectivity index (χ1n) is 5.43. The maximum atomic E-state index is 12.1. The lowest BCUT2D eigenvalue weighted by atomic mass is 10.1. The normalized spacial score (nSPS) is 15.6. The lowest BCUT2D eigenvalue weighted by molar-refractivity contribution is -0.123. The van der Waals surface area contributed by atoms with Crippen LogP contribution in [0.4, 0.5) is 0 Å². The minimum Gasteiger partial charge on any atom is -0.507 e. The number of hydrogen-bond acceptors (Lipinski definition) is 3. The van der Waals surface area contributed by atoms with E-state index in [0.29, 0.717) is 13.1 Å². The highest BCUT2D eigenvalue weighted by Crippen LogP contribution is 2.20. The second kappa shape index (κ2) is 4.45. The first-order chi connectivity index (χ1) is 8.08. The van der Waals surface area contributed by atoms with Crippen LogP contribution in [-0.2, 0) is 4.79 Å². The molecule has 0 aromatic heterocycles. The molecule has 1 aliphatic rings. The summed E-state index contributed by atoms with van der Waals surface area (Å²) >= 11 is 0. The smallest absolute Gasteiger partial charge is 0.258 e. The summed E-state index contributed by atoms with van der Waals surface area (Å²) in [6.07, 6.45) is 0. The number of nitrogens with zero attached hydrogens (tertiary/aromatic N) is 1. The molecule has 0 aliphatic carbocycles. The van der Waals surface area contributed by atoms with E-state index < -0.39 is 0 Å². The molecule has 2 rings (SSSR count). The number of phenols is 1. The van der Waals surface area contributed by atoms with Crippen LogP contribution in [-0.4, -0.2) is 41.5 Å². The summed E-state index contributed by atoms with van der Waals surface area (Å²) in [6.45, 7) is 2.82. The Morgan fingerprint density at radius 2 is 2.24 bits per heavy atom. The quantitative estimate of drug-likeness (QED) is 0.733. The van der Waals surface area contributed by atoms with Gasteiger partial charge in [-0.3, -0.25) is 9.59 Å². The van der Waals surface area contributed by atoms with Gasteiger partial charge >= 0.3 is 0 Å². The first kappa shape index (κ1) is 11.4. The maximum absolute atomic E-state index is 12.1. The fourth-order valence-electron chi connectivity index (χ4n) is 1.80. The number of aryl methyl sites for hydroxylation is 1. The van der Waals surface area contributed by atoms with Crippen LogP contribution < -0.4 is 5.32 Å². The van der Waals surface area contributed by atoms with Gasteiger partial charge < -0.3 is 15.3 Å². The average molecular weight is 234 g/mol. The van der Waals surface area contributed by atoms with E-state index >= 15 is 0 Å². The van der Waals surface area contributed by atoms with Crippen molar-refractivity contribution in [1.29, 1.82) is 0 Å². The molecule has 0 radical (unpaired) electrons. The van der Waals surface area contributed by atoms with Gasteiger partial charge in [0.2, 0.25) is 5.91 Å². The molecule has 0 unspecified atom stereocenters. The number of phenolic OH excluding ortho intramolecular Hbond substituents is 1. The van der Waals surface area contributed by atoms with Crippen molar-refractivity contribution in [2.24, 2.45) is 0 Å². The molecule has 1 saturated heterocycles. The summed E-state index contributed by atoms with van der Waals surface area (Å²) in [4.78, 5) is 24.7. The Bertz CT molecular complexity index is 471. The maximum Gasteiger partial charge on any atom is 0.258 e. The van der Waals surface area contributed by atoms with Crippen molar-refractivity contribution in [2.75, 3.05) is 19.6 Å². The summed E-state index contributed by atoms with van der Waals surface area (Å²) in [7, 11) is 0. The molecule has 1 aromatic rings. The monoisotopic (exact) mass is 234 g/mol. The largest absolute Gasteiger partial charge is 0.507 e. The molecule has 0 atom stereocenters. The van der Waals surface area contributed by atoms with Crippen molar-refractivity contribution in [3.05, 3.63) is 29.3 Å². The van der Waals surface area contributed by atoms with Crippen LogP contribution >= 0.6 is 0 Å². The second-order valence-corrected chi connectivity index (χ2v) is 4.10. The zero-order valence-corrected chi connectivity index (χ0v) is 9.56. The van der Waals surface area contributed by atoms with E-state index in [1.165, 1.54) is 11.0 Å². The molecular formula is C12H14N2O3. The third-order valence-electron chi connectivity index (χ3n) is 2.71. The van der Waals surface area contributed by atoms with Crippen LogP contribution in [0.5, 0.6) is 5.75 Å². The lowest BCUT2D eigenvalue weighted by Gasteiger charge is -2.27. The van der Waals surface area contributed by atoms with Crippen LogP contribution in [0.1, 0.15) is 15.9 Å². The molecule has 5 heteroatoms. The fourth-order valence-corrected chi connectivity index (χ4v) is 1.80. The molecule has 17 heavy (non-hydrogen) atoms. The Labute approximate surface area is 99.0 Å². The van der Waals surface area contributed by atoms with E-state index in [1.54, 1.807) is 12.1 Å². The molecule has 0 saturated carbocycles. The van der Waals surface area contributed by atoms with E-state index in [0.717, 1.165) is 5.56 Å². The van der Waals surface area contributed by atoms with Crippen molar-refractivity contribution >= 4 is 11.8 Å². The Morgan fingerprint density at radius 3 is 2.94 bits per heavy atom. The van der Waals surface area contributed by atoms with E-state index in [2.05, 4.69) is 5.32 Å². The minimum atomic E-state index is -0.305. The van der Waals surface area contributed by atoms with Gasteiger partial charge in [0.1, 0.15) is 5.75 Å². The average Bonchev–Trinajstić information content (AvgIpc) is 2.31. The number of rotatable bonds is 1. The predicted molar refractivity (Wildman–Crippen MR) is 61.8 cm³/mol. The molecule has 2 amide bonds. The van der Waals surface area contributed by atoms with E-state index in [-0.39, 0.29) is 29.7 Å². The Balaban J connectivity index is 2.24. The fraction of sp³-hybridized carbons (Fsp3) is 0.333. The summed E-state index contributed by atoms with van der Waals surface area (Å²) in [5, 5.41) is 12.3. The lowest BCUT2D eigenvalue weighted by Crippen LogP contribution is -2.49. The number of amides is 2. The molecule has 90 valence electrons. The number of aromatic hydroxyl groups is 1. The number of piperazine rings is 1. The summed E-state index contributed by atoms with van der Waals surface area (Å²) in [5.74, 6) is -0.524. The number of carbonyl (C=O) groups excluding carboxylic acids is 2. The summed E-state index contributed by atoms with van der Waals surface area (Å²) in [5.41, 5.74) is 1.15. The highest BCUT2D eigenvalue weighted by Gasteiger charge is 2.24. The van der Waals surface area contributed by atoms with Gasteiger partial charge in [-0.1, -0.05) is 11.6 Å². The van der Waals surface area contributed by atoms with Gasteiger partial charge in [0, 0.05) is 13.1 Å². The van der Waals surface area contributed by atoms with Crippen molar-refractivity contribution in [1.82, 2.24) is 10.2 Å². The molecule has 1 aliphatic heterocycles. The van der Waals surface area contributed by atoms with E-state index in [9.17, 15) is 14.7 Å². The number of hydrogen-bond donors (Lipinski definition) is 2. The number of carbonyl (C=O) groups is 2. The van der Waals surface area contributed by atoms with Crippen LogP contribution in [0.15, 0.2) is 18.2 Å². The van der Waals surface area contributed by atoms with Crippen LogP contribution in [0, 0.1) is 6.92 Å². The van der Waals surface area contributed by atoms with Gasteiger partial charge in [0.25, 0.3) is 5.91 Å². The van der Waals surface area contributed by atoms with Crippen molar-refractivity contribution in [3.63, 3.8) is 0 Å². The first-order valence-corrected chi connectivity index (χ1v) is 5.43. The zero-order chi connectivity index (χ0) is 12.4. The van der Waals surface area contributed by atoms with Gasteiger partial charge in [-0.25, -0.2) is 0 Å². The van der Waals surface area contributed by atoms with Gasteiger partial charge in [0.05, 0.1) is 12.1 Å². The highest BCUT2D eigenvalue weighted by atomic mass is 16.3. The second-order valence-electron chi connectivity index (χ2n) is 4.10. The standard InChI is InChI=1S/C12H14N2O3/c1-8-2-3-10(15)9(6-8)12(17)14-5-4-13-11(16)7-14/h2-3,6,15H,4-5,7H2,1H3,(H,13,16). The molecule has 0 bridgehead atoms. The Kier molecular flexibility index (Phi) is 2.99. The van der Waals surface area contributed by atoms with Gasteiger partial charge in [0.15, 0.2) is 0 Å². The molecule has 1 heterocycles. The Hall–Kier alpha value is -2.04. The zero-order valence-electron chi connectivity index (χ0n) is 9.56. The third-order valence-corrected chi connectivity index (χ3v) is 2.71. The van der Waals surface area contributed by atoms with Crippen LogP contribution in [0.3, 0.4) is 0 Å². The molecule has 1 fully saturated rings. The van der Waals surface area contributed by atoms with Gasteiger partial charge in [-0.2, -0.15) is 0 Å². The summed E-state index contributed by atoms with van der Waals surface area (Å²) < 4.78 is 0. The molecular weight excluding hydrogens is 220 g/mol. The highest BCUT2D eigenvalue weighted by molar-refractivity contribution is 5.99.